The topological polar surface area (TPSA) is 96.7 Å². The first-order chi connectivity index (χ1) is 11.1. The largest absolute Gasteiger partial charge is 0.327 e. The van der Waals surface area contributed by atoms with Crippen LogP contribution in [-0.2, 0) is 4.79 Å². The lowest BCUT2D eigenvalue weighted by Crippen LogP contribution is -2.48. The van der Waals surface area contributed by atoms with Gasteiger partial charge in [-0.3, -0.25) is 9.89 Å². The molecule has 7 heteroatoms. The Morgan fingerprint density at radius 1 is 1.33 bits per heavy atom. The number of H-pyrrole nitrogens is 1. The molecule has 2 unspecified atom stereocenters. The molecule has 2 aromatic heterocycles. The molecule has 0 radical (unpaired) electrons. The van der Waals surface area contributed by atoms with Gasteiger partial charge in [-0.1, -0.05) is 6.42 Å². The Morgan fingerprint density at radius 2 is 2.04 bits per heavy atom. The number of hydrogen-bond donors (Lipinski definition) is 3. The summed E-state index contributed by atoms with van der Waals surface area (Å²) < 4.78 is 0. The van der Waals surface area contributed by atoms with Gasteiger partial charge in [0.05, 0.1) is 11.9 Å². The predicted octanol–water partition coefficient (Wildman–Crippen LogP) is 2.78. The van der Waals surface area contributed by atoms with Gasteiger partial charge in [-0.15, -0.1) is 12.4 Å². The van der Waals surface area contributed by atoms with Gasteiger partial charge in [0.25, 0.3) is 0 Å². The highest BCUT2D eigenvalue weighted by Crippen LogP contribution is 2.42. The van der Waals surface area contributed by atoms with Crippen molar-refractivity contribution in [2.75, 3.05) is 5.32 Å². The van der Waals surface area contributed by atoms with Crippen LogP contribution >= 0.6 is 12.4 Å². The fourth-order valence-corrected chi connectivity index (χ4v) is 4.34. The number of anilines is 1. The number of carbonyl (C=O) groups excluding carboxylic acids is 1. The van der Waals surface area contributed by atoms with Crippen LogP contribution in [0.5, 0.6) is 0 Å². The Hall–Kier alpha value is -1.66. The maximum Gasteiger partial charge on any atom is 0.227 e. The molecule has 2 bridgehead atoms. The quantitative estimate of drug-likeness (QED) is 0.776. The molecular weight excluding hydrogens is 326 g/mol. The summed E-state index contributed by atoms with van der Waals surface area (Å²) in [6.07, 6.45) is 7.12. The minimum Gasteiger partial charge on any atom is -0.327 e. The van der Waals surface area contributed by atoms with Gasteiger partial charge in [-0.05, 0) is 50.5 Å². The highest BCUT2D eigenvalue weighted by atomic mass is 35.5. The van der Waals surface area contributed by atoms with Crippen LogP contribution in [0.1, 0.15) is 37.8 Å². The summed E-state index contributed by atoms with van der Waals surface area (Å²) in [6, 6.07) is 2.23. The standard InChI is InChI=1S/C17H23N5O.ClH/c1-9-14-7-13(8-19-16(14)22-21-9)20-17(23)12-5-10-3-2-4-11(6-12)15(10)18;/h7-8,10-12,15H,2-6,18H2,1H3,(H,20,23)(H,19,21,22);1H. The Bertz CT molecular complexity index is 732. The number of nitrogens with zero attached hydrogens (tertiary/aromatic N) is 2. The highest BCUT2D eigenvalue weighted by molar-refractivity contribution is 5.94. The number of aromatic amines is 1. The number of amides is 1. The van der Waals surface area contributed by atoms with E-state index in [4.69, 9.17) is 5.73 Å². The van der Waals surface area contributed by atoms with Gasteiger partial charge >= 0.3 is 0 Å². The number of aryl methyl sites for hydroxylation is 1. The lowest BCUT2D eigenvalue weighted by Gasteiger charge is -2.43. The minimum absolute atomic E-state index is 0. The molecule has 1 amide bonds. The smallest absolute Gasteiger partial charge is 0.227 e. The van der Waals surface area contributed by atoms with Crippen LogP contribution in [0.3, 0.4) is 0 Å². The predicted molar refractivity (Wildman–Crippen MR) is 96.0 cm³/mol. The Kier molecular flexibility index (Phi) is 4.78. The molecule has 0 saturated heterocycles. The van der Waals surface area contributed by atoms with Crippen LogP contribution in [0.4, 0.5) is 5.69 Å². The molecule has 2 aliphatic rings. The summed E-state index contributed by atoms with van der Waals surface area (Å²) in [7, 11) is 0. The second-order valence-electron chi connectivity index (χ2n) is 7.13. The van der Waals surface area contributed by atoms with Crippen LogP contribution in [-0.4, -0.2) is 27.1 Å². The Balaban J connectivity index is 0.00000169. The SMILES string of the molecule is Cc1[nH]nc2ncc(NC(=O)C3CC4CCCC(C3)C4N)cc12.Cl. The first-order valence-corrected chi connectivity index (χ1v) is 8.49. The summed E-state index contributed by atoms with van der Waals surface area (Å²) >= 11 is 0. The molecule has 2 atom stereocenters. The lowest BCUT2D eigenvalue weighted by molar-refractivity contribution is -0.122. The van der Waals surface area contributed by atoms with Crippen LogP contribution in [0, 0.1) is 24.7 Å². The molecule has 0 spiro atoms. The molecule has 4 rings (SSSR count). The summed E-state index contributed by atoms with van der Waals surface area (Å²) in [6.45, 7) is 1.95. The van der Waals surface area contributed by atoms with E-state index in [1.807, 2.05) is 13.0 Å². The molecule has 2 saturated carbocycles. The Labute approximate surface area is 147 Å². The molecule has 4 N–H and O–H groups in total. The van der Waals surface area contributed by atoms with Crippen molar-refractivity contribution >= 4 is 35.0 Å². The van der Waals surface area contributed by atoms with E-state index >= 15 is 0 Å². The van der Waals surface area contributed by atoms with Crippen molar-refractivity contribution in [1.29, 1.82) is 0 Å². The van der Waals surface area contributed by atoms with E-state index in [0.717, 1.165) is 29.6 Å². The molecule has 24 heavy (non-hydrogen) atoms. The third-order valence-corrected chi connectivity index (χ3v) is 5.65. The molecule has 0 aliphatic heterocycles. The van der Waals surface area contributed by atoms with Crippen molar-refractivity contribution in [2.24, 2.45) is 23.5 Å². The van der Waals surface area contributed by atoms with Gasteiger partial charge in [0, 0.05) is 23.0 Å². The summed E-state index contributed by atoms with van der Waals surface area (Å²) in [5.74, 6) is 1.20. The third kappa shape index (κ3) is 3.00. The molecular formula is C17H24ClN5O. The number of halogens is 1. The fraction of sp³-hybridized carbons (Fsp3) is 0.588. The highest BCUT2D eigenvalue weighted by Gasteiger charge is 2.40. The average Bonchev–Trinajstić information content (AvgIpc) is 2.88. The summed E-state index contributed by atoms with van der Waals surface area (Å²) in [5.41, 5.74) is 8.70. The number of rotatable bonds is 2. The third-order valence-electron chi connectivity index (χ3n) is 5.65. The second-order valence-corrected chi connectivity index (χ2v) is 7.13. The van der Waals surface area contributed by atoms with E-state index in [0.29, 0.717) is 23.5 Å². The molecule has 2 heterocycles. The summed E-state index contributed by atoms with van der Waals surface area (Å²) in [5, 5.41) is 11.0. The van der Waals surface area contributed by atoms with Crippen LogP contribution in [0.2, 0.25) is 0 Å². The first-order valence-electron chi connectivity index (χ1n) is 8.49. The zero-order valence-corrected chi connectivity index (χ0v) is 14.6. The zero-order valence-electron chi connectivity index (χ0n) is 13.8. The number of hydrogen-bond acceptors (Lipinski definition) is 4. The Morgan fingerprint density at radius 3 is 2.75 bits per heavy atom. The molecule has 0 aromatic carbocycles. The van der Waals surface area contributed by atoms with Gasteiger partial charge in [-0.2, -0.15) is 5.10 Å². The van der Waals surface area contributed by atoms with E-state index in [-0.39, 0.29) is 24.2 Å². The van der Waals surface area contributed by atoms with Gasteiger partial charge in [0.2, 0.25) is 5.91 Å². The van der Waals surface area contributed by atoms with Crippen LogP contribution in [0.25, 0.3) is 11.0 Å². The van der Waals surface area contributed by atoms with Crippen molar-refractivity contribution in [3.05, 3.63) is 18.0 Å². The number of pyridine rings is 1. The molecule has 2 aromatic rings. The zero-order chi connectivity index (χ0) is 16.0. The second kappa shape index (κ2) is 6.69. The number of aromatic nitrogens is 3. The molecule has 130 valence electrons. The number of carbonyl (C=O) groups is 1. The van der Waals surface area contributed by atoms with E-state index in [2.05, 4.69) is 20.5 Å². The van der Waals surface area contributed by atoms with Crippen molar-refractivity contribution in [3.8, 4) is 0 Å². The normalized spacial score (nSPS) is 29.1. The van der Waals surface area contributed by atoms with E-state index < -0.39 is 0 Å². The van der Waals surface area contributed by atoms with E-state index in [1.165, 1.54) is 19.3 Å². The van der Waals surface area contributed by atoms with Crippen molar-refractivity contribution < 1.29 is 4.79 Å². The monoisotopic (exact) mass is 349 g/mol. The van der Waals surface area contributed by atoms with Gasteiger partial charge < -0.3 is 11.1 Å². The maximum atomic E-state index is 12.7. The molecule has 2 aliphatic carbocycles. The van der Waals surface area contributed by atoms with Gasteiger partial charge in [0.15, 0.2) is 5.65 Å². The number of nitrogens with two attached hydrogens (primary N) is 1. The minimum atomic E-state index is 0. The van der Waals surface area contributed by atoms with E-state index in [1.54, 1.807) is 6.20 Å². The van der Waals surface area contributed by atoms with Crippen molar-refractivity contribution in [3.63, 3.8) is 0 Å². The van der Waals surface area contributed by atoms with Crippen LogP contribution < -0.4 is 11.1 Å². The maximum absolute atomic E-state index is 12.7. The molecule has 2 fully saturated rings. The summed E-state index contributed by atoms with van der Waals surface area (Å²) in [4.78, 5) is 17.0. The van der Waals surface area contributed by atoms with Gasteiger partial charge in [-0.25, -0.2) is 4.98 Å². The van der Waals surface area contributed by atoms with E-state index in [9.17, 15) is 4.79 Å². The fourth-order valence-electron chi connectivity index (χ4n) is 4.34. The average molecular weight is 350 g/mol. The van der Waals surface area contributed by atoms with Gasteiger partial charge in [0.1, 0.15) is 0 Å². The lowest BCUT2D eigenvalue weighted by atomic mass is 9.65. The molecule has 6 nitrogen and oxygen atoms in total. The number of fused-ring (bicyclic) bond motifs is 3. The van der Waals surface area contributed by atoms with Crippen molar-refractivity contribution in [1.82, 2.24) is 15.2 Å². The first kappa shape index (κ1) is 17.2. The number of nitrogens with one attached hydrogen (secondary N) is 2. The van der Waals surface area contributed by atoms with Crippen LogP contribution in [0.15, 0.2) is 12.3 Å². The van der Waals surface area contributed by atoms with Crippen molar-refractivity contribution in [2.45, 2.75) is 45.1 Å².